The molecule has 2 aliphatic rings. The van der Waals surface area contributed by atoms with Crippen LogP contribution in [0.2, 0.25) is 0 Å². The molecule has 2 fully saturated rings. The smallest absolute Gasteiger partial charge is 0.227 e. The van der Waals surface area contributed by atoms with Crippen LogP contribution in [0.1, 0.15) is 59.6 Å². The second kappa shape index (κ2) is 11.6. The van der Waals surface area contributed by atoms with Gasteiger partial charge in [0, 0.05) is 57.8 Å². The van der Waals surface area contributed by atoms with Gasteiger partial charge < -0.3 is 9.47 Å². The van der Waals surface area contributed by atoms with E-state index in [0.717, 1.165) is 52.2 Å². The van der Waals surface area contributed by atoms with Crippen molar-refractivity contribution in [1.29, 1.82) is 5.26 Å². The number of pyridine rings is 1. The zero-order valence-electron chi connectivity index (χ0n) is 21.5. The van der Waals surface area contributed by atoms with E-state index in [-0.39, 0.29) is 23.2 Å². The van der Waals surface area contributed by atoms with Gasteiger partial charge >= 0.3 is 0 Å². The molecule has 0 spiro atoms. The van der Waals surface area contributed by atoms with E-state index in [1.165, 1.54) is 0 Å². The van der Waals surface area contributed by atoms with Crippen molar-refractivity contribution in [2.24, 2.45) is 0 Å². The maximum Gasteiger partial charge on any atom is 0.227 e. The normalized spacial score (nSPS) is 23.6. The lowest BCUT2D eigenvalue weighted by atomic mass is 9.78. The fraction of sp³-hybridized carbons (Fsp3) is 0.731. The van der Waals surface area contributed by atoms with Crippen LogP contribution in [0.5, 0.6) is 0 Å². The van der Waals surface area contributed by atoms with Gasteiger partial charge in [-0.2, -0.15) is 5.26 Å². The number of hydrogen-bond acceptors (Lipinski definition) is 7. The van der Waals surface area contributed by atoms with Crippen LogP contribution in [0.4, 0.5) is 5.82 Å². The van der Waals surface area contributed by atoms with E-state index in [0.29, 0.717) is 31.1 Å². The van der Waals surface area contributed by atoms with E-state index in [9.17, 15) is 10.1 Å². The first-order valence-electron chi connectivity index (χ1n) is 12.6. The lowest BCUT2D eigenvalue weighted by Crippen LogP contribution is -2.66. The highest BCUT2D eigenvalue weighted by molar-refractivity contribution is 5.92. The number of carbonyl (C=O) groups excluding carboxylic acids is 1. The molecule has 1 aromatic rings. The Hall–Kier alpha value is -2.05. The molecule has 1 amide bonds. The quantitative estimate of drug-likeness (QED) is 0.547. The topological polar surface area (TPSA) is 81.9 Å². The summed E-state index contributed by atoms with van der Waals surface area (Å²) in [6.45, 7) is 17.0. The maximum absolute atomic E-state index is 13.1. The van der Waals surface area contributed by atoms with Crippen LogP contribution in [0.15, 0.2) is 18.2 Å². The molecule has 1 atom stereocenters. The summed E-state index contributed by atoms with van der Waals surface area (Å²) in [6.07, 6.45) is 2.34. The van der Waals surface area contributed by atoms with Crippen LogP contribution in [-0.4, -0.2) is 90.4 Å². The number of carbonyl (C=O) groups is 1. The predicted molar refractivity (Wildman–Crippen MR) is 133 cm³/mol. The largest absolute Gasteiger partial charge is 0.377 e. The third-order valence-corrected chi connectivity index (χ3v) is 6.90. The molecule has 3 rings (SSSR count). The first-order chi connectivity index (χ1) is 16.2. The first-order valence-corrected chi connectivity index (χ1v) is 12.6. The number of amides is 1. The van der Waals surface area contributed by atoms with E-state index in [1.54, 1.807) is 17.0 Å². The van der Waals surface area contributed by atoms with Crippen LogP contribution in [0, 0.1) is 11.3 Å². The Morgan fingerprint density at radius 3 is 2.65 bits per heavy atom. The molecule has 188 valence electrons. The van der Waals surface area contributed by atoms with Gasteiger partial charge in [-0.15, -0.1) is 0 Å². The van der Waals surface area contributed by atoms with Crippen molar-refractivity contribution in [2.45, 2.75) is 71.1 Å². The second-order valence-corrected chi connectivity index (χ2v) is 10.3. The fourth-order valence-electron chi connectivity index (χ4n) is 5.24. The minimum Gasteiger partial charge on any atom is -0.377 e. The molecule has 0 bridgehead atoms. The van der Waals surface area contributed by atoms with Crippen LogP contribution in [0.25, 0.3) is 0 Å². The van der Waals surface area contributed by atoms with E-state index in [4.69, 9.17) is 9.47 Å². The SMILES string of the molecule is CCC(=O)N(CC1(N2CCN(CCOC(C)C)CC2)CCOC(C)(C)C1)c1cccc(C#N)n1. The molecular weight excluding hydrogens is 430 g/mol. The summed E-state index contributed by atoms with van der Waals surface area (Å²) in [5, 5.41) is 9.35. The Kier molecular flexibility index (Phi) is 9.05. The molecule has 0 aliphatic carbocycles. The third-order valence-electron chi connectivity index (χ3n) is 6.90. The van der Waals surface area contributed by atoms with Crippen molar-refractivity contribution < 1.29 is 14.3 Å². The van der Waals surface area contributed by atoms with Crippen LogP contribution in [-0.2, 0) is 14.3 Å². The van der Waals surface area contributed by atoms with Crippen LogP contribution < -0.4 is 4.90 Å². The molecule has 2 saturated heterocycles. The lowest BCUT2D eigenvalue weighted by Gasteiger charge is -2.54. The summed E-state index contributed by atoms with van der Waals surface area (Å²) in [5.74, 6) is 0.578. The lowest BCUT2D eigenvalue weighted by molar-refractivity contribution is -0.130. The molecule has 1 unspecified atom stereocenters. The Labute approximate surface area is 204 Å². The van der Waals surface area contributed by atoms with Crippen molar-refractivity contribution in [1.82, 2.24) is 14.8 Å². The number of piperazine rings is 1. The summed E-state index contributed by atoms with van der Waals surface area (Å²) < 4.78 is 11.9. The number of hydrogen-bond donors (Lipinski definition) is 0. The molecule has 8 heteroatoms. The highest BCUT2D eigenvalue weighted by Crippen LogP contribution is 2.38. The van der Waals surface area contributed by atoms with E-state index >= 15 is 0 Å². The zero-order chi connectivity index (χ0) is 24.8. The first kappa shape index (κ1) is 26.6. The molecule has 0 aromatic carbocycles. The average Bonchev–Trinajstić information content (AvgIpc) is 2.81. The standard InChI is InChI=1S/C26H41N5O3/c1-6-24(32)31(23-9-7-8-22(18-27)28-23)20-26(10-16-34-25(4,5)19-26)30-13-11-29(12-14-30)15-17-33-21(2)3/h7-9,21H,6,10-17,19-20H2,1-5H3. The van der Waals surface area contributed by atoms with Gasteiger partial charge in [0.25, 0.3) is 0 Å². The number of nitrogens with zero attached hydrogens (tertiary/aromatic N) is 5. The molecule has 0 N–H and O–H groups in total. The highest BCUT2D eigenvalue weighted by Gasteiger charge is 2.47. The van der Waals surface area contributed by atoms with Gasteiger partial charge in [0.15, 0.2) is 0 Å². The Balaban J connectivity index is 1.82. The number of ether oxygens (including phenoxy) is 2. The molecular formula is C26H41N5O3. The minimum atomic E-state index is -0.274. The number of rotatable bonds is 9. The molecule has 8 nitrogen and oxygen atoms in total. The summed E-state index contributed by atoms with van der Waals surface area (Å²) in [4.78, 5) is 24.4. The summed E-state index contributed by atoms with van der Waals surface area (Å²) in [7, 11) is 0. The van der Waals surface area contributed by atoms with E-state index in [1.807, 2.05) is 13.0 Å². The summed E-state index contributed by atoms with van der Waals surface area (Å²) >= 11 is 0. The van der Waals surface area contributed by atoms with Crippen LogP contribution >= 0.6 is 0 Å². The number of aromatic nitrogens is 1. The summed E-state index contributed by atoms with van der Waals surface area (Å²) in [6, 6.07) is 7.41. The van der Waals surface area contributed by atoms with Gasteiger partial charge in [0.1, 0.15) is 17.6 Å². The van der Waals surface area contributed by atoms with Gasteiger partial charge in [0.2, 0.25) is 5.91 Å². The van der Waals surface area contributed by atoms with Crippen molar-refractivity contribution in [2.75, 3.05) is 57.4 Å². The van der Waals surface area contributed by atoms with Crippen molar-refractivity contribution in [3.63, 3.8) is 0 Å². The molecule has 1 aromatic heterocycles. The molecule has 0 radical (unpaired) electrons. The third kappa shape index (κ3) is 6.76. The zero-order valence-corrected chi connectivity index (χ0v) is 21.5. The molecule has 2 aliphatic heterocycles. The second-order valence-electron chi connectivity index (χ2n) is 10.3. The fourth-order valence-corrected chi connectivity index (χ4v) is 5.24. The minimum absolute atomic E-state index is 0.0238. The van der Waals surface area contributed by atoms with Gasteiger partial charge in [0.05, 0.1) is 18.3 Å². The van der Waals surface area contributed by atoms with Gasteiger partial charge in [-0.3, -0.25) is 19.5 Å². The number of nitriles is 1. The van der Waals surface area contributed by atoms with Crippen LogP contribution in [0.3, 0.4) is 0 Å². The van der Waals surface area contributed by atoms with E-state index in [2.05, 4.69) is 48.5 Å². The maximum atomic E-state index is 13.1. The average molecular weight is 472 g/mol. The van der Waals surface area contributed by atoms with E-state index < -0.39 is 0 Å². The molecule has 0 saturated carbocycles. The van der Waals surface area contributed by atoms with Crippen molar-refractivity contribution in [3.05, 3.63) is 23.9 Å². The molecule has 34 heavy (non-hydrogen) atoms. The highest BCUT2D eigenvalue weighted by atomic mass is 16.5. The number of anilines is 1. The Bertz CT molecular complexity index is 860. The summed E-state index contributed by atoms with van der Waals surface area (Å²) in [5.41, 5.74) is -0.161. The van der Waals surface area contributed by atoms with Gasteiger partial charge in [-0.25, -0.2) is 4.98 Å². The Morgan fingerprint density at radius 1 is 1.29 bits per heavy atom. The van der Waals surface area contributed by atoms with Gasteiger partial charge in [-0.1, -0.05) is 13.0 Å². The Morgan fingerprint density at radius 2 is 2.03 bits per heavy atom. The van der Waals surface area contributed by atoms with Crippen molar-refractivity contribution >= 4 is 11.7 Å². The van der Waals surface area contributed by atoms with Crippen molar-refractivity contribution in [3.8, 4) is 6.07 Å². The monoisotopic (exact) mass is 471 g/mol. The molecule has 3 heterocycles. The predicted octanol–water partition coefficient (Wildman–Crippen LogP) is 3.07. The van der Waals surface area contributed by atoms with Gasteiger partial charge in [-0.05, 0) is 52.7 Å².